The van der Waals surface area contributed by atoms with Crippen molar-refractivity contribution in [1.29, 1.82) is 0 Å². The van der Waals surface area contributed by atoms with E-state index in [2.05, 4.69) is 5.32 Å². The SMILES string of the molecule is COCC1(CC2CCCN2)CCCCO1. The number of hydrogen-bond donors (Lipinski definition) is 1. The molecular formula is C12H23NO2. The van der Waals surface area contributed by atoms with E-state index in [1.165, 1.54) is 38.6 Å². The van der Waals surface area contributed by atoms with Gasteiger partial charge >= 0.3 is 0 Å². The zero-order valence-electron chi connectivity index (χ0n) is 9.76. The summed E-state index contributed by atoms with van der Waals surface area (Å²) in [6, 6.07) is 0.651. The highest BCUT2D eigenvalue weighted by atomic mass is 16.5. The lowest BCUT2D eigenvalue weighted by Gasteiger charge is -2.38. The van der Waals surface area contributed by atoms with Gasteiger partial charge in [0.05, 0.1) is 12.2 Å². The van der Waals surface area contributed by atoms with Crippen LogP contribution in [0.4, 0.5) is 0 Å². The van der Waals surface area contributed by atoms with Crippen molar-refractivity contribution in [3.63, 3.8) is 0 Å². The molecule has 3 heteroatoms. The Kier molecular flexibility index (Phi) is 4.00. The van der Waals surface area contributed by atoms with Crippen molar-refractivity contribution in [2.24, 2.45) is 0 Å². The molecule has 2 heterocycles. The standard InChI is InChI=1S/C12H23NO2/c1-14-10-12(6-2-3-8-15-12)9-11-5-4-7-13-11/h11,13H,2-10H2,1H3. The molecule has 2 saturated heterocycles. The molecule has 2 rings (SSSR count). The van der Waals surface area contributed by atoms with Crippen LogP contribution in [0, 0.1) is 0 Å². The lowest BCUT2D eigenvalue weighted by molar-refractivity contribution is -0.123. The van der Waals surface area contributed by atoms with Crippen molar-refractivity contribution in [2.75, 3.05) is 26.9 Å². The Morgan fingerprint density at radius 2 is 2.33 bits per heavy atom. The Hall–Kier alpha value is -0.120. The molecule has 3 nitrogen and oxygen atoms in total. The minimum absolute atomic E-state index is 0.00894. The molecule has 2 aliphatic rings. The van der Waals surface area contributed by atoms with Crippen molar-refractivity contribution in [2.45, 2.75) is 50.2 Å². The number of ether oxygens (including phenoxy) is 2. The predicted molar refractivity (Wildman–Crippen MR) is 60.1 cm³/mol. The highest BCUT2D eigenvalue weighted by Crippen LogP contribution is 2.31. The molecule has 0 aromatic rings. The fraction of sp³-hybridized carbons (Fsp3) is 1.00. The van der Waals surface area contributed by atoms with Crippen molar-refractivity contribution >= 4 is 0 Å². The quantitative estimate of drug-likeness (QED) is 0.771. The van der Waals surface area contributed by atoms with Crippen LogP contribution in [0.3, 0.4) is 0 Å². The smallest absolute Gasteiger partial charge is 0.0929 e. The summed E-state index contributed by atoms with van der Waals surface area (Å²) in [5, 5.41) is 3.55. The predicted octanol–water partition coefficient (Wildman–Crippen LogP) is 1.71. The van der Waals surface area contributed by atoms with Crippen molar-refractivity contribution in [3.05, 3.63) is 0 Å². The Labute approximate surface area is 92.5 Å². The zero-order chi connectivity index (χ0) is 10.6. The maximum Gasteiger partial charge on any atom is 0.0929 e. The second kappa shape index (κ2) is 5.28. The highest BCUT2D eigenvalue weighted by Gasteiger charge is 2.36. The van der Waals surface area contributed by atoms with Gasteiger partial charge in [-0.15, -0.1) is 0 Å². The van der Waals surface area contributed by atoms with Gasteiger partial charge in [0.2, 0.25) is 0 Å². The number of methoxy groups -OCH3 is 1. The zero-order valence-corrected chi connectivity index (χ0v) is 9.76. The molecule has 88 valence electrons. The van der Waals surface area contributed by atoms with Crippen LogP contribution >= 0.6 is 0 Å². The fourth-order valence-electron chi connectivity index (χ4n) is 2.89. The molecule has 0 amide bonds. The van der Waals surface area contributed by atoms with Gasteiger partial charge < -0.3 is 14.8 Å². The van der Waals surface area contributed by atoms with Gasteiger partial charge in [0, 0.05) is 19.8 Å². The van der Waals surface area contributed by atoms with Gasteiger partial charge in [-0.2, -0.15) is 0 Å². The van der Waals surface area contributed by atoms with Crippen LogP contribution in [-0.4, -0.2) is 38.5 Å². The Morgan fingerprint density at radius 1 is 1.40 bits per heavy atom. The summed E-state index contributed by atoms with van der Waals surface area (Å²) in [7, 11) is 1.78. The average molecular weight is 213 g/mol. The lowest BCUT2D eigenvalue weighted by atomic mass is 9.87. The molecule has 2 unspecified atom stereocenters. The third kappa shape index (κ3) is 2.92. The van der Waals surface area contributed by atoms with Crippen LogP contribution in [0.15, 0.2) is 0 Å². The first-order valence-corrected chi connectivity index (χ1v) is 6.21. The summed E-state index contributed by atoms with van der Waals surface area (Å²) in [5.74, 6) is 0. The second-order valence-corrected chi connectivity index (χ2v) is 4.92. The molecule has 0 saturated carbocycles. The summed E-state index contributed by atoms with van der Waals surface area (Å²) in [5.41, 5.74) is 0.00894. The average Bonchev–Trinajstić information content (AvgIpc) is 2.72. The van der Waals surface area contributed by atoms with Gasteiger partial charge in [0.15, 0.2) is 0 Å². The van der Waals surface area contributed by atoms with Gasteiger partial charge in [0.1, 0.15) is 0 Å². The highest BCUT2D eigenvalue weighted by molar-refractivity contribution is 4.90. The first kappa shape index (κ1) is 11.4. The van der Waals surface area contributed by atoms with E-state index in [0.717, 1.165) is 19.6 Å². The number of hydrogen-bond acceptors (Lipinski definition) is 3. The summed E-state index contributed by atoms with van der Waals surface area (Å²) in [4.78, 5) is 0. The van der Waals surface area contributed by atoms with Crippen LogP contribution < -0.4 is 5.32 Å². The molecule has 0 bridgehead atoms. The lowest BCUT2D eigenvalue weighted by Crippen LogP contribution is -2.45. The molecule has 2 fully saturated rings. The normalized spacial score (nSPS) is 37.0. The van der Waals surface area contributed by atoms with Crippen LogP contribution in [0.5, 0.6) is 0 Å². The van der Waals surface area contributed by atoms with Crippen LogP contribution in [0.1, 0.15) is 38.5 Å². The Balaban J connectivity index is 1.90. The number of rotatable bonds is 4. The van der Waals surface area contributed by atoms with Gasteiger partial charge in [-0.25, -0.2) is 0 Å². The van der Waals surface area contributed by atoms with Gasteiger partial charge in [-0.3, -0.25) is 0 Å². The van der Waals surface area contributed by atoms with E-state index in [4.69, 9.17) is 9.47 Å². The van der Waals surface area contributed by atoms with Gasteiger partial charge in [-0.1, -0.05) is 0 Å². The molecule has 0 aromatic heterocycles. The molecule has 0 radical (unpaired) electrons. The minimum atomic E-state index is 0.00894. The third-order valence-electron chi connectivity index (χ3n) is 3.62. The fourth-order valence-corrected chi connectivity index (χ4v) is 2.89. The van der Waals surface area contributed by atoms with E-state index < -0.39 is 0 Å². The molecule has 2 atom stereocenters. The first-order chi connectivity index (χ1) is 7.35. The molecule has 0 aromatic carbocycles. The van der Waals surface area contributed by atoms with E-state index in [0.29, 0.717) is 6.04 Å². The topological polar surface area (TPSA) is 30.5 Å². The maximum atomic E-state index is 6.00. The molecule has 1 N–H and O–H groups in total. The van der Waals surface area contributed by atoms with E-state index in [1.54, 1.807) is 7.11 Å². The Bertz CT molecular complexity index is 179. The number of nitrogens with one attached hydrogen (secondary N) is 1. The van der Waals surface area contributed by atoms with Gasteiger partial charge in [0.25, 0.3) is 0 Å². The van der Waals surface area contributed by atoms with E-state index in [1.807, 2.05) is 0 Å². The molecule has 0 aliphatic carbocycles. The van der Waals surface area contributed by atoms with E-state index in [-0.39, 0.29) is 5.60 Å². The van der Waals surface area contributed by atoms with Crippen molar-refractivity contribution in [1.82, 2.24) is 5.32 Å². The minimum Gasteiger partial charge on any atom is -0.382 e. The summed E-state index contributed by atoms with van der Waals surface area (Å²) in [6.07, 6.45) is 7.40. The van der Waals surface area contributed by atoms with E-state index >= 15 is 0 Å². The Morgan fingerprint density at radius 3 is 2.93 bits per heavy atom. The maximum absolute atomic E-state index is 6.00. The monoisotopic (exact) mass is 213 g/mol. The summed E-state index contributed by atoms with van der Waals surface area (Å²) < 4.78 is 11.3. The summed E-state index contributed by atoms with van der Waals surface area (Å²) in [6.45, 7) is 2.84. The molecular weight excluding hydrogens is 190 g/mol. The third-order valence-corrected chi connectivity index (χ3v) is 3.62. The largest absolute Gasteiger partial charge is 0.382 e. The van der Waals surface area contributed by atoms with Crippen LogP contribution in [0.2, 0.25) is 0 Å². The van der Waals surface area contributed by atoms with Crippen LogP contribution in [-0.2, 0) is 9.47 Å². The second-order valence-electron chi connectivity index (χ2n) is 4.92. The first-order valence-electron chi connectivity index (χ1n) is 6.21. The van der Waals surface area contributed by atoms with E-state index in [9.17, 15) is 0 Å². The van der Waals surface area contributed by atoms with Gasteiger partial charge in [-0.05, 0) is 45.1 Å². The molecule has 15 heavy (non-hydrogen) atoms. The summed E-state index contributed by atoms with van der Waals surface area (Å²) >= 11 is 0. The van der Waals surface area contributed by atoms with Crippen molar-refractivity contribution in [3.8, 4) is 0 Å². The molecule has 2 aliphatic heterocycles. The molecule has 0 spiro atoms. The van der Waals surface area contributed by atoms with Crippen LogP contribution in [0.25, 0.3) is 0 Å². The van der Waals surface area contributed by atoms with Crippen molar-refractivity contribution < 1.29 is 9.47 Å².